The number of rotatable bonds is 4. The predicted octanol–water partition coefficient (Wildman–Crippen LogP) is 2.19. The highest BCUT2D eigenvalue weighted by molar-refractivity contribution is 6.01. The highest BCUT2D eigenvalue weighted by Gasteiger charge is 2.38. The van der Waals surface area contributed by atoms with E-state index in [1.165, 1.54) is 30.6 Å². The van der Waals surface area contributed by atoms with Gasteiger partial charge in [-0.1, -0.05) is 25.0 Å². The van der Waals surface area contributed by atoms with Crippen molar-refractivity contribution in [2.24, 2.45) is 5.92 Å². The van der Waals surface area contributed by atoms with Gasteiger partial charge in [-0.25, -0.2) is 0 Å². The van der Waals surface area contributed by atoms with Crippen LogP contribution in [0.3, 0.4) is 0 Å². The lowest BCUT2D eigenvalue weighted by atomic mass is 9.85. The van der Waals surface area contributed by atoms with Gasteiger partial charge in [0.15, 0.2) is 0 Å². The molecule has 6 nitrogen and oxygen atoms in total. The molecule has 3 aliphatic rings. The lowest BCUT2D eigenvalue weighted by molar-refractivity contribution is -0.139. The SMILES string of the molecule is O=C(Nc1ccc(CN2C(=O)CCC2=O)cc1)C1CC2CCCCC2N1. The van der Waals surface area contributed by atoms with E-state index in [0.29, 0.717) is 31.3 Å². The number of amides is 3. The maximum atomic E-state index is 12.5. The normalized spacial score (nSPS) is 28.3. The molecule has 2 heterocycles. The number of likely N-dealkylation sites (tertiary alicyclic amines) is 1. The molecule has 3 atom stereocenters. The fourth-order valence-electron chi connectivity index (χ4n) is 4.43. The van der Waals surface area contributed by atoms with E-state index in [1.807, 2.05) is 24.3 Å². The maximum absolute atomic E-state index is 12.5. The molecule has 26 heavy (non-hydrogen) atoms. The number of nitrogens with one attached hydrogen (secondary N) is 2. The molecule has 4 rings (SSSR count). The van der Waals surface area contributed by atoms with Crippen LogP contribution in [-0.4, -0.2) is 34.7 Å². The smallest absolute Gasteiger partial charge is 0.241 e. The summed E-state index contributed by atoms with van der Waals surface area (Å²) in [5, 5.41) is 6.47. The van der Waals surface area contributed by atoms with Crippen molar-refractivity contribution in [3.05, 3.63) is 29.8 Å². The van der Waals surface area contributed by atoms with Crippen molar-refractivity contribution >= 4 is 23.4 Å². The van der Waals surface area contributed by atoms with Crippen molar-refractivity contribution in [2.45, 2.75) is 63.6 Å². The third kappa shape index (κ3) is 3.51. The molecule has 1 aliphatic carbocycles. The molecule has 3 amide bonds. The molecule has 2 aliphatic heterocycles. The minimum absolute atomic E-state index is 0.0250. The van der Waals surface area contributed by atoms with Gasteiger partial charge in [-0.2, -0.15) is 0 Å². The first-order valence-electron chi connectivity index (χ1n) is 9.59. The van der Waals surface area contributed by atoms with Crippen LogP contribution in [0, 0.1) is 5.92 Å². The molecular formula is C20H25N3O3. The highest BCUT2D eigenvalue weighted by Crippen LogP contribution is 2.33. The second-order valence-corrected chi connectivity index (χ2v) is 7.67. The molecule has 0 radical (unpaired) electrons. The molecule has 6 heteroatoms. The van der Waals surface area contributed by atoms with Gasteiger partial charge in [-0.05, 0) is 42.9 Å². The van der Waals surface area contributed by atoms with Crippen LogP contribution < -0.4 is 10.6 Å². The Hall–Kier alpha value is -2.21. The number of benzene rings is 1. The van der Waals surface area contributed by atoms with Gasteiger partial charge in [-0.15, -0.1) is 0 Å². The lowest BCUT2D eigenvalue weighted by Gasteiger charge is -2.24. The van der Waals surface area contributed by atoms with E-state index < -0.39 is 0 Å². The molecule has 2 saturated heterocycles. The maximum Gasteiger partial charge on any atom is 0.241 e. The Labute approximate surface area is 153 Å². The van der Waals surface area contributed by atoms with E-state index in [4.69, 9.17) is 0 Å². The Morgan fingerprint density at radius 3 is 2.46 bits per heavy atom. The van der Waals surface area contributed by atoms with E-state index in [1.54, 1.807) is 0 Å². The van der Waals surface area contributed by atoms with E-state index in [9.17, 15) is 14.4 Å². The van der Waals surface area contributed by atoms with Crippen molar-refractivity contribution in [1.29, 1.82) is 0 Å². The standard InChI is InChI=1S/C20H25N3O3/c24-18-9-10-19(25)23(18)12-13-5-7-15(8-6-13)21-20(26)17-11-14-3-1-2-4-16(14)22-17/h5-8,14,16-17,22H,1-4,9-12H2,(H,21,26). The number of hydrogen-bond acceptors (Lipinski definition) is 4. The first kappa shape index (κ1) is 17.2. The number of carbonyl (C=O) groups excluding carboxylic acids is 3. The molecule has 2 N–H and O–H groups in total. The average molecular weight is 355 g/mol. The van der Waals surface area contributed by atoms with E-state index >= 15 is 0 Å². The molecule has 3 unspecified atom stereocenters. The van der Waals surface area contributed by atoms with Gasteiger partial charge in [0, 0.05) is 24.6 Å². The number of carbonyl (C=O) groups is 3. The van der Waals surface area contributed by atoms with Crippen LogP contribution in [0.25, 0.3) is 0 Å². The first-order chi connectivity index (χ1) is 12.6. The minimum atomic E-state index is -0.110. The zero-order valence-electron chi connectivity index (χ0n) is 14.9. The second-order valence-electron chi connectivity index (χ2n) is 7.67. The summed E-state index contributed by atoms with van der Waals surface area (Å²) >= 11 is 0. The Balaban J connectivity index is 1.33. The van der Waals surface area contributed by atoms with Gasteiger partial charge in [0.25, 0.3) is 0 Å². The van der Waals surface area contributed by atoms with Crippen molar-refractivity contribution in [3.8, 4) is 0 Å². The van der Waals surface area contributed by atoms with E-state index in [2.05, 4.69) is 10.6 Å². The van der Waals surface area contributed by atoms with Crippen LogP contribution in [0.1, 0.15) is 50.5 Å². The molecule has 138 valence electrons. The van der Waals surface area contributed by atoms with Crippen LogP contribution >= 0.6 is 0 Å². The van der Waals surface area contributed by atoms with Crippen LogP contribution in [0.15, 0.2) is 24.3 Å². The largest absolute Gasteiger partial charge is 0.325 e. The third-order valence-electron chi connectivity index (χ3n) is 5.90. The first-order valence-corrected chi connectivity index (χ1v) is 9.59. The van der Waals surface area contributed by atoms with Gasteiger partial charge in [0.1, 0.15) is 0 Å². The Kier molecular flexibility index (Phi) is 4.76. The molecular weight excluding hydrogens is 330 g/mol. The molecule has 1 aromatic rings. The number of nitrogens with zero attached hydrogens (tertiary/aromatic N) is 1. The number of anilines is 1. The van der Waals surface area contributed by atoms with E-state index in [0.717, 1.165) is 17.7 Å². The van der Waals surface area contributed by atoms with Crippen molar-refractivity contribution < 1.29 is 14.4 Å². The van der Waals surface area contributed by atoms with Gasteiger partial charge < -0.3 is 10.6 Å². The summed E-state index contributed by atoms with van der Waals surface area (Å²) in [6.45, 7) is 0.305. The van der Waals surface area contributed by atoms with Crippen molar-refractivity contribution in [1.82, 2.24) is 10.2 Å². The molecule has 3 fully saturated rings. The van der Waals surface area contributed by atoms with E-state index in [-0.39, 0.29) is 23.8 Å². The zero-order chi connectivity index (χ0) is 18.1. The molecule has 0 bridgehead atoms. The fourth-order valence-corrected chi connectivity index (χ4v) is 4.43. The van der Waals surface area contributed by atoms with Crippen LogP contribution in [0.4, 0.5) is 5.69 Å². The summed E-state index contributed by atoms with van der Waals surface area (Å²) in [5.74, 6) is 0.441. The number of fused-ring (bicyclic) bond motifs is 1. The fraction of sp³-hybridized carbons (Fsp3) is 0.550. The summed E-state index contributed by atoms with van der Waals surface area (Å²) in [6, 6.07) is 7.77. The topological polar surface area (TPSA) is 78.5 Å². The summed E-state index contributed by atoms with van der Waals surface area (Å²) in [4.78, 5) is 37.2. The minimum Gasteiger partial charge on any atom is -0.325 e. The van der Waals surface area contributed by atoms with Gasteiger partial charge in [0.05, 0.1) is 12.6 Å². The monoisotopic (exact) mass is 355 g/mol. The van der Waals surface area contributed by atoms with Gasteiger partial charge >= 0.3 is 0 Å². The Bertz CT molecular complexity index is 686. The van der Waals surface area contributed by atoms with Crippen molar-refractivity contribution in [3.63, 3.8) is 0 Å². The lowest BCUT2D eigenvalue weighted by Crippen LogP contribution is -2.39. The quantitative estimate of drug-likeness (QED) is 0.812. The van der Waals surface area contributed by atoms with Gasteiger partial charge in [0.2, 0.25) is 17.7 Å². The Morgan fingerprint density at radius 1 is 1.08 bits per heavy atom. The second kappa shape index (κ2) is 7.19. The highest BCUT2D eigenvalue weighted by atomic mass is 16.2. The Morgan fingerprint density at radius 2 is 1.77 bits per heavy atom. The van der Waals surface area contributed by atoms with Gasteiger partial charge in [-0.3, -0.25) is 19.3 Å². The number of hydrogen-bond donors (Lipinski definition) is 2. The average Bonchev–Trinajstić information content (AvgIpc) is 3.22. The van der Waals surface area contributed by atoms with Crippen molar-refractivity contribution in [2.75, 3.05) is 5.32 Å². The molecule has 1 saturated carbocycles. The zero-order valence-corrected chi connectivity index (χ0v) is 14.9. The summed E-state index contributed by atoms with van der Waals surface area (Å²) in [5.41, 5.74) is 1.63. The summed E-state index contributed by atoms with van der Waals surface area (Å²) in [6.07, 6.45) is 6.48. The summed E-state index contributed by atoms with van der Waals surface area (Å²) in [7, 11) is 0. The van der Waals surface area contributed by atoms with Crippen LogP contribution in [-0.2, 0) is 20.9 Å². The molecule has 0 spiro atoms. The third-order valence-corrected chi connectivity index (χ3v) is 5.90. The van der Waals surface area contributed by atoms with Crippen LogP contribution in [0.5, 0.6) is 0 Å². The molecule has 0 aromatic heterocycles. The number of imide groups is 1. The summed E-state index contributed by atoms with van der Waals surface area (Å²) < 4.78 is 0. The van der Waals surface area contributed by atoms with Crippen LogP contribution in [0.2, 0.25) is 0 Å². The predicted molar refractivity (Wildman–Crippen MR) is 97.1 cm³/mol. The molecule has 1 aromatic carbocycles.